The molecule has 2 rings (SSSR count). The topological polar surface area (TPSA) is 46.6 Å². The second-order valence-electron chi connectivity index (χ2n) is 4.77. The van der Waals surface area contributed by atoms with Gasteiger partial charge in [0.15, 0.2) is 0 Å². The Hall–Kier alpha value is -1.23. The summed E-state index contributed by atoms with van der Waals surface area (Å²) in [4.78, 5) is 0. The molecular formula is C13H19NO3S. The molecule has 1 aromatic carbocycles. The number of methoxy groups -OCH3 is 1. The van der Waals surface area contributed by atoms with Crippen molar-refractivity contribution in [2.24, 2.45) is 5.92 Å². The molecule has 0 saturated heterocycles. The molecule has 1 aliphatic rings. The third-order valence-corrected chi connectivity index (χ3v) is 4.61. The largest absolute Gasteiger partial charge is 0.497 e. The van der Waals surface area contributed by atoms with Crippen LogP contribution >= 0.6 is 0 Å². The van der Waals surface area contributed by atoms with Gasteiger partial charge in [-0.1, -0.05) is 13.3 Å². The Morgan fingerprint density at radius 2 is 2.17 bits per heavy atom. The number of ether oxygens (including phenoxy) is 1. The molecule has 4 nitrogen and oxygen atoms in total. The quantitative estimate of drug-likeness (QED) is 0.843. The first-order chi connectivity index (χ1) is 8.45. The normalized spacial score (nSPS) is 19.5. The standard InChI is InChI=1S/C13H19NO3S/c1-4-10-7-11-8-12(17-2)5-6-13(11)14(9-10)18(3,15)16/h5-6,8,10H,4,7,9H2,1-3H3. The van der Waals surface area contributed by atoms with Crippen molar-refractivity contribution in [2.45, 2.75) is 19.8 Å². The van der Waals surface area contributed by atoms with E-state index in [1.807, 2.05) is 18.2 Å². The molecule has 100 valence electrons. The first-order valence-electron chi connectivity index (χ1n) is 6.10. The summed E-state index contributed by atoms with van der Waals surface area (Å²) in [6, 6.07) is 5.58. The molecule has 0 bridgehead atoms. The van der Waals surface area contributed by atoms with E-state index in [1.54, 1.807) is 7.11 Å². The predicted molar refractivity (Wildman–Crippen MR) is 72.7 cm³/mol. The Labute approximate surface area is 109 Å². The second-order valence-corrected chi connectivity index (χ2v) is 6.67. The van der Waals surface area contributed by atoms with Crippen molar-refractivity contribution in [3.05, 3.63) is 23.8 Å². The molecule has 0 aromatic heterocycles. The van der Waals surface area contributed by atoms with Crippen LogP contribution in [0.5, 0.6) is 5.75 Å². The molecule has 18 heavy (non-hydrogen) atoms. The van der Waals surface area contributed by atoms with Crippen LogP contribution in [0.1, 0.15) is 18.9 Å². The van der Waals surface area contributed by atoms with Gasteiger partial charge in [-0.15, -0.1) is 0 Å². The van der Waals surface area contributed by atoms with Gasteiger partial charge >= 0.3 is 0 Å². The lowest BCUT2D eigenvalue weighted by molar-refractivity contribution is 0.412. The highest BCUT2D eigenvalue weighted by molar-refractivity contribution is 7.92. The summed E-state index contributed by atoms with van der Waals surface area (Å²) >= 11 is 0. The molecule has 0 saturated carbocycles. The molecule has 0 fully saturated rings. The monoisotopic (exact) mass is 269 g/mol. The van der Waals surface area contributed by atoms with Crippen LogP contribution in [0, 0.1) is 5.92 Å². The van der Waals surface area contributed by atoms with Crippen LogP contribution in [0.2, 0.25) is 0 Å². The Bertz CT molecular complexity index is 539. The first kappa shape index (κ1) is 13.2. The van der Waals surface area contributed by atoms with Gasteiger partial charge in [-0.2, -0.15) is 0 Å². The molecule has 1 atom stereocenters. The zero-order valence-corrected chi connectivity index (χ0v) is 11.8. The van der Waals surface area contributed by atoms with Crippen LogP contribution < -0.4 is 9.04 Å². The number of anilines is 1. The third-order valence-electron chi connectivity index (χ3n) is 3.47. The zero-order chi connectivity index (χ0) is 13.3. The summed E-state index contributed by atoms with van der Waals surface area (Å²) in [5, 5.41) is 0. The van der Waals surface area contributed by atoms with E-state index >= 15 is 0 Å². The molecular weight excluding hydrogens is 250 g/mol. The summed E-state index contributed by atoms with van der Waals surface area (Å²) in [5.41, 5.74) is 1.85. The maximum Gasteiger partial charge on any atom is 0.232 e. The van der Waals surface area contributed by atoms with Crippen molar-refractivity contribution in [3.8, 4) is 5.75 Å². The van der Waals surface area contributed by atoms with Gasteiger partial charge in [-0.3, -0.25) is 4.31 Å². The van der Waals surface area contributed by atoms with E-state index in [2.05, 4.69) is 6.92 Å². The Morgan fingerprint density at radius 1 is 1.44 bits per heavy atom. The van der Waals surface area contributed by atoms with Gasteiger partial charge in [0.25, 0.3) is 0 Å². The average Bonchev–Trinajstić information content (AvgIpc) is 2.35. The van der Waals surface area contributed by atoms with Gasteiger partial charge in [-0.05, 0) is 36.1 Å². The molecule has 1 aromatic rings. The Kier molecular flexibility index (Phi) is 3.52. The first-order valence-corrected chi connectivity index (χ1v) is 7.95. The molecule has 0 radical (unpaired) electrons. The molecule has 0 amide bonds. The minimum atomic E-state index is -3.21. The molecule has 0 aliphatic carbocycles. The smallest absolute Gasteiger partial charge is 0.232 e. The van der Waals surface area contributed by atoms with Crippen LogP contribution in [0.3, 0.4) is 0 Å². The molecule has 1 heterocycles. The number of fused-ring (bicyclic) bond motifs is 1. The van der Waals surface area contributed by atoms with Crippen molar-refractivity contribution >= 4 is 15.7 Å². The average molecular weight is 269 g/mol. The summed E-state index contributed by atoms with van der Waals surface area (Å²) in [5.74, 6) is 1.15. The highest BCUT2D eigenvalue weighted by atomic mass is 32.2. The van der Waals surface area contributed by atoms with Gasteiger partial charge < -0.3 is 4.74 Å². The van der Waals surface area contributed by atoms with Crippen molar-refractivity contribution in [3.63, 3.8) is 0 Å². The lowest BCUT2D eigenvalue weighted by Crippen LogP contribution is -2.39. The van der Waals surface area contributed by atoms with E-state index in [0.29, 0.717) is 12.5 Å². The van der Waals surface area contributed by atoms with Crippen LogP contribution in [0.25, 0.3) is 0 Å². The summed E-state index contributed by atoms with van der Waals surface area (Å²) < 4.78 is 30.4. The number of sulfonamides is 1. The second kappa shape index (κ2) is 4.80. The minimum Gasteiger partial charge on any atom is -0.497 e. The lowest BCUT2D eigenvalue weighted by Gasteiger charge is -2.34. The maximum absolute atomic E-state index is 11.9. The number of rotatable bonds is 3. The van der Waals surface area contributed by atoms with Gasteiger partial charge in [0.05, 0.1) is 19.1 Å². The predicted octanol–water partition coefficient (Wildman–Crippen LogP) is 2.04. The van der Waals surface area contributed by atoms with Crippen LogP contribution in [0.4, 0.5) is 5.69 Å². The van der Waals surface area contributed by atoms with E-state index in [4.69, 9.17) is 4.74 Å². The number of nitrogens with zero attached hydrogens (tertiary/aromatic N) is 1. The van der Waals surface area contributed by atoms with Crippen LogP contribution in [0.15, 0.2) is 18.2 Å². The lowest BCUT2D eigenvalue weighted by atomic mass is 9.92. The van der Waals surface area contributed by atoms with E-state index in [0.717, 1.165) is 29.8 Å². The fourth-order valence-corrected chi connectivity index (χ4v) is 3.41. The van der Waals surface area contributed by atoms with Gasteiger partial charge in [0.2, 0.25) is 10.0 Å². The van der Waals surface area contributed by atoms with E-state index in [-0.39, 0.29) is 0 Å². The van der Waals surface area contributed by atoms with Crippen molar-refractivity contribution in [1.82, 2.24) is 0 Å². The van der Waals surface area contributed by atoms with E-state index in [1.165, 1.54) is 10.6 Å². The molecule has 1 aliphatic heterocycles. The molecule has 5 heteroatoms. The van der Waals surface area contributed by atoms with Crippen molar-refractivity contribution in [1.29, 1.82) is 0 Å². The summed E-state index contributed by atoms with van der Waals surface area (Å²) in [7, 11) is -1.59. The fourth-order valence-electron chi connectivity index (χ4n) is 2.39. The maximum atomic E-state index is 11.9. The van der Waals surface area contributed by atoms with Gasteiger partial charge in [-0.25, -0.2) is 8.42 Å². The SMILES string of the molecule is CCC1Cc2cc(OC)ccc2N(S(C)(=O)=O)C1. The Morgan fingerprint density at radius 3 is 2.72 bits per heavy atom. The Balaban J connectivity index is 2.49. The minimum absolute atomic E-state index is 0.374. The van der Waals surface area contributed by atoms with Gasteiger partial charge in [0.1, 0.15) is 5.75 Å². The van der Waals surface area contributed by atoms with E-state index < -0.39 is 10.0 Å². The molecule has 1 unspecified atom stereocenters. The number of hydrogen-bond acceptors (Lipinski definition) is 3. The van der Waals surface area contributed by atoms with Crippen LogP contribution in [-0.2, 0) is 16.4 Å². The van der Waals surface area contributed by atoms with E-state index in [9.17, 15) is 8.42 Å². The number of benzene rings is 1. The third kappa shape index (κ3) is 2.46. The zero-order valence-electron chi connectivity index (χ0n) is 11.0. The summed E-state index contributed by atoms with van der Waals surface area (Å²) in [6.07, 6.45) is 3.15. The van der Waals surface area contributed by atoms with Crippen molar-refractivity contribution < 1.29 is 13.2 Å². The molecule has 0 N–H and O–H groups in total. The highest BCUT2D eigenvalue weighted by Gasteiger charge is 2.29. The number of hydrogen-bond donors (Lipinski definition) is 0. The highest BCUT2D eigenvalue weighted by Crippen LogP contribution is 2.34. The van der Waals surface area contributed by atoms with Crippen molar-refractivity contribution in [2.75, 3.05) is 24.2 Å². The fraction of sp³-hybridized carbons (Fsp3) is 0.538. The summed E-state index contributed by atoms with van der Waals surface area (Å²) in [6.45, 7) is 2.67. The van der Waals surface area contributed by atoms with Crippen LogP contribution in [-0.4, -0.2) is 28.3 Å². The molecule has 0 spiro atoms. The van der Waals surface area contributed by atoms with Gasteiger partial charge in [0, 0.05) is 6.54 Å².